The molecule has 1 aromatic carbocycles. The first-order valence-corrected chi connectivity index (χ1v) is 9.20. The number of rotatable bonds is 7. The highest BCUT2D eigenvalue weighted by molar-refractivity contribution is 5.88. The Morgan fingerprint density at radius 2 is 2.11 bits per heavy atom. The maximum absolute atomic E-state index is 12.3. The predicted octanol–water partition coefficient (Wildman–Crippen LogP) is 4.56. The Morgan fingerprint density at radius 3 is 2.86 bits per heavy atom. The summed E-state index contributed by atoms with van der Waals surface area (Å²) in [6.45, 7) is -0.393. The maximum Gasteiger partial charge on any atom is 0.392 e. The zero-order valence-electron chi connectivity index (χ0n) is 15.2. The normalized spacial score (nSPS) is 16.5. The molecule has 1 aliphatic carbocycles. The zero-order valence-corrected chi connectivity index (χ0v) is 15.2. The number of carboxylic acid groups (broad SMARTS) is 1. The van der Waals surface area contributed by atoms with Crippen molar-refractivity contribution in [1.29, 1.82) is 0 Å². The number of ether oxygens (including phenoxy) is 1. The van der Waals surface area contributed by atoms with Gasteiger partial charge in [0.2, 0.25) is 0 Å². The summed E-state index contributed by atoms with van der Waals surface area (Å²) in [5.41, 5.74) is 2.86. The monoisotopic (exact) mass is 394 g/mol. The molecule has 1 unspecified atom stereocenters. The standard InChI is InChI=1S/C20H21F3N2O3/c21-20(22,23)9-11-28-15-5-6-16-13(2-1-3-14(16)12-15)4-7-18-17(19(26)27)8-10-24-25-18/h5-6,8,10,12-13H,1-4,7,9,11H2,(H,26,27). The summed E-state index contributed by atoms with van der Waals surface area (Å²) in [4.78, 5) is 11.3. The van der Waals surface area contributed by atoms with E-state index >= 15 is 0 Å². The lowest BCUT2D eigenvalue weighted by Crippen LogP contribution is -2.14. The zero-order chi connectivity index (χ0) is 20.1. The number of halogens is 3. The number of hydrogen-bond donors (Lipinski definition) is 1. The number of aromatic nitrogens is 2. The minimum Gasteiger partial charge on any atom is -0.493 e. The average Bonchev–Trinajstić information content (AvgIpc) is 2.65. The number of alkyl halides is 3. The summed E-state index contributed by atoms with van der Waals surface area (Å²) < 4.78 is 42.0. The first-order chi connectivity index (χ1) is 13.3. The van der Waals surface area contributed by atoms with Crippen LogP contribution in [-0.2, 0) is 12.8 Å². The quantitative estimate of drug-likeness (QED) is 0.745. The maximum atomic E-state index is 12.3. The lowest BCUT2D eigenvalue weighted by Gasteiger charge is -2.26. The van der Waals surface area contributed by atoms with Crippen LogP contribution in [0.25, 0.3) is 0 Å². The van der Waals surface area contributed by atoms with Gasteiger partial charge in [-0.15, -0.1) is 0 Å². The molecular formula is C20H21F3N2O3. The van der Waals surface area contributed by atoms with Gasteiger partial charge in [0, 0.05) is 0 Å². The van der Waals surface area contributed by atoms with Crippen LogP contribution in [0.15, 0.2) is 30.5 Å². The predicted molar refractivity (Wildman–Crippen MR) is 95.6 cm³/mol. The summed E-state index contributed by atoms with van der Waals surface area (Å²) >= 11 is 0. The summed E-state index contributed by atoms with van der Waals surface area (Å²) in [5.74, 6) is -0.322. The molecule has 28 heavy (non-hydrogen) atoms. The number of aromatic carboxylic acids is 1. The van der Waals surface area contributed by atoms with Gasteiger partial charge in [-0.2, -0.15) is 23.4 Å². The first-order valence-electron chi connectivity index (χ1n) is 9.20. The van der Waals surface area contributed by atoms with E-state index in [4.69, 9.17) is 4.74 Å². The van der Waals surface area contributed by atoms with E-state index in [-0.39, 0.29) is 11.5 Å². The largest absolute Gasteiger partial charge is 0.493 e. The number of fused-ring (bicyclic) bond motifs is 1. The number of aryl methyl sites for hydroxylation is 2. The summed E-state index contributed by atoms with van der Waals surface area (Å²) in [6, 6.07) is 6.89. The van der Waals surface area contributed by atoms with Crippen molar-refractivity contribution >= 4 is 5.97 Å². The Kier molecular flexibility index (Phi) is 6.16. The van der Waals surface area contributed by atoms with Crippen LogP contribution < -0.4 is 4.74 Å². The highest BCUT2D eigenvalue weighted by Crippen LogP contribution is 2.36. The van der Waals surface area contributed by atoms with Gasteiger partial charge in [0.25, 0.3) is 0 Å². The highest BCUT2D eigenvalue weighted by atomic mass is 19.4. The van der Waals surface area contributed by atoms with Crippen LogP contribution in [0.4, 0.5) is 13.2 Å². The minimum atomic E-state index is -4.23. The third-order valence-corrected chi connectivity index (χ3v) is 4.96. The van der Waals surface area contributed by atoms with Gasteiger partial charge in [0.05, 0.1) is 30.5 Å². The van der Waals surface area contributed by atoms with Crippen molar-refractivity contribution in [2.45, 2.75) is 50.6 Å². The van der Waals surface area contributed by atoms with Gasteiger partial charge in [-0.3, -0.25) is 0 Å². The van der Waals surface area contributed by atoms with Gasteiger partial charge >= 0.3 is 12.1 Å². The van der Waals surface area contributed by atoms with E-state index in [1.165, 1.54) is 12.3 Å². The van der Waals surface area contributed by atoms with Crippen molar-refractivity contribution < 1.29 is 27.8 Å². The van der Waals surface area contributed by atoms with Crippen LogP contribution in [-0.4, -0.2) is 34.1 Å². The van der Waals surface area contributed by atoms with Crippen molar-refractivity contribution in [2.75, 3.05) is 6.61 Å². The lowest BCUT2D eigenvalue weighted by atomic mass is 9.80. The van der Waals surface area contributed by atoms with E-state index in [9.17, 15) is 23.1 Å². The van der Waals surface area contributed by atoms with E-state index in [0.717, 1.165) is 36.8 Å². The number of carboxylic acids is 1. The van der Waals surface area contributed by atoms with Crippen LogP contribution in [0.2, 0.25) is 0 Å². The Hall–Kier alpha value is -2.64. The molecule has 1 aliphatic rings. The molecule has 3 rings (SSSR count). The molecule has 1 heterocycles. The van der Waals surface area contributed by atoms with Crippen LogP contribution in [0.1, 0.15) is 58.8 Å². The average molecular weight is 394 g/mol. The van der Waals surface area contributed by atoms with Crippen molar-refractivity contribution in [2.24, 2.45) is 0 Å². The van der Waals surface area contributed by atoms with Crippen LogP contribution in [0, 0.1) is 0 Å². The number of hydrogen-bond acceptors (Lipinski definition) is 4. The third kappa shape index (κ3) is 5.21. The molecule has 1 aromatic heterocycles. The van der Waals surface area contributed by atoms with Gasteiger partial charge in [0.1, 0.15) is 5.75 Å². The molecule has 150 valence electrons. The molecule has 1 atom stereocenters. The van der Waals surface area contributed by atoms with Gasteiger partial charge in [-0.1, -0.05) is 6.07 Å². The smallest absolute Gasteiger partial charge is 0.392 e. The molecule has 0 saturated heterocycles. The fourth-order valence-corrected chi connectivity index (χ4v) is 3.62. The molecule has 0 amide bonds. The Labute approximate surface area is 160 Å². The summed E-state index contributed by atoms with van der Waals surface area (Å²) in [5, 5.41) is 17.0. The summed E-state index contributed by atoms with van der Waals surface area (Å²) in [7, 11) is 0. The van der Waals surface area contributed by atoms with Gasteiger partial charge in [0.15, 0.2) is 0 Å². The second-order valence-electron chi connectivity index (χ2n) is 6.90. The topological polar surface area (TPSA) is 72.3 Å². The van der Waals surface area contributed by atoms with E-state index in [0.29, 0.717) is 17.9 Å². The van der Waals surface area contributed by atoms with Crippen LogP contribution in [0.5, 0.6) is 5.75 Å². The third-order valence-electron chi connectivity index (χ3n) is 4.96. The highest BCUT2D eigenvalue weighted by Gasteiger charge is 2.27. The second kappa shape index (κ2) is 8.58. The van der Waals surface area contributed by atoms with E-state index in [1.807, 2.05) is 12.1 Å². The van der Waals surface area contributed by atoms with Crippen LogP contribution >= 0.6 is 0 Å². The SMILES string of the molecule is O=C(O)c1ccnnc1CCC1CCCc2cc(OCCC(F)(F)F)ccc21. The molecule has 0 spiro atoms. The Morgan fingerprint density at radius 1 is 1.29 bits per heavy atom. The second-order valence-corrected chi connectivity index (χ2v) is 6.90. The molecule has 0 saturated carbocycles. The lowest BCUT2D eigenvalue weighted by molar-refractivity contribution is -0.139. The Balaban J connectivity index is 1.66. The molecule has 2 aromatic rings. The van der Waals surface area contributed by atoms with E-state index < -0.39 is 25.2 Å². The number of carbonyl (C=O) groups is 1. The van der Waals surface area contributed by atoms with Crippen molar-refractivity contribution in [1.82, 2.24) is 10.2 Å². The number of benzene rings is 1. The number of nitrogens with zero attached hydrogens (tertiary/aromatic N) is 2. The molecule has 5 nitrogen and oxygen atoms in total. The molecule has 1 N–H and O–H groups in total. The molecule has 0 fully saturated rings. The molecular weight excluding hydrogens is 373 g/mol. The van der Waals surface area contributed by atoms with E-state index in [1.54, 1.807) is 6.07 Å². The Bertz CT molecular complexity index is 840. The van der Waals surface area contributed by atoms with Crippen molar-refractivity contribution in [3.63, 3.8) is 0 Å². The van der Waals surface area contributed by atoms with E-state index in [2.05, 4.69) is 10.2 Å². The molecule has 8 heteroatoms. The van der Waals surface area contributed by atoms with Gasteiger partial charge in [-0.25, -0.2) is 4.79 Å². The first kappa shape index (κ1) is 20.1. The fraction of sp³-hybridized carbons (Fsp3) is 0.450. The fourth-order valence-electron chi connectivity index (χ4n) is 3.62. The van der Waals surface area contributed by atoms with Gasteiger partial charge in [-0.05, 0) is 67.3 Å². The van der Waals surface area contributed by atoms with Crippen molar-refractivity contribution in [3.05, 3.63) is 52.8 Å². The molecule has 0 bridgehead atoms. The summed E-state index contributed by atoms with van der Waals surface area (Å²) in [6.07, 6.45) is 0.200. The van der Waals surface area contributed by atoms with Crippen LogP contribution in [0.3, 0.4) is 0 Å². The van der Waals surface area contributed by atoms with Gasteiger partial charge < -0.3 is 9.84 Å². The minimum absolute atomic E-state index is 0.166. The van der Waals surface area contributed by atoms with Crippen molar-refractivity contribution in [3.8, 4) is 5.75 Å². The molecule has 0 radical (unpaired) electrons. The molecule has 0 aliphatic heterocycles.